The van der Waals surface area contributed by atoms with Crippen molar-refractivity contribution in [3.8, 4) is 0 Å². The molecule has 1 heterocycles. The minimum Gasteiger partial charge on any atom is -0.394 e. The maximum Gasteiger partial charge on any atom is 0.184 e. The number of methoxy groups -OCH3 is 1. The molecule has 4 N–H and O–H groups in total. The summed E-state index contributed by atoms with van der Waals surface area (Å²) in [5.41, 5.74) is 0. The van der Waals surface area contributed by atoms with Gasteiger partial charge in [0.15, 0.2) is 12.6 Å². The third-order valence-corrected chi connectivity index (χ3v) is 2.52. The molecule has 7 heteroatoms. The van der Waals surface area contributed by atoms with Crippen molar-refractivity contribution in [2.45, 2.75) is 43.9 Å². The van der Waals surface area contributed by atoms with Crippen LogP contribution in [0.1, 0.15) is 6.92 Å². The van der Waals surface area contributed by atoms with E-state index >= 15 is 0 Å². The van der Waals surface area contributed by atoms with Gasteiger partial charge in [-0.05, 0) is 6.92 Å². The van der Waals surface area contributed by atoms with E-state index in [1.54, 1.807) is 6.92 Å². The van der Waals surface area contributed by atoms with Gasteiger partial charge < -0.3 is 34.6 Å². The molecule has 1 saturated heterocycles. The van der Waals surface area contributed by atoms with E-state index in [0.29, 0.717) is 0 Å². The van der Waals surface area contributed by atoms with Crippen LogP contribution in [-0.2, 0) is 14.2 Å². The molecule has 1 rings (SSSR count). The van der Waals surface area contributed by atoms with Crippen molar-refractivity contribution < 1.29 is 34.6 Å². The molecular weight excluding hydrogens is 220 g/mol. The van der Waals surface area contributed by atoms with Crippen LogP contribution >= 0.6 is 0 Å². The Kier molecular flexibility index (Phi) is 5.06. The molecule has 7 nitrogen and oxygen atoms in total. The second kappa shape index (κ2) is 5.87. The topological polar surface area (TPSA) is 109 Å². The lowest BCUT2D eigenvalue weighted by molar-refractivity contribution is -0.313. The largest absolute Gasteiger partial charge is 0.394 e. The van der Waals surface area contributed by atoms with Gasteiger partial charge in [0.25, 0.3) is 0 Å². The van der Waals surface area contributed by atoms with Gasteiger partial charge in [-0.25, -0.2) is 0 Å². The van der Waals surface area contributed by atoms with Crippen LogP contribution in [0.25, 0.3) is 0 Å². The molecular formula is C9H18O7. The summed E-state index contributed by atoms with van der Waals surface area (Å²) in [5.74, 6) is 0. The minimum absolute atomic E-state index is 0.443. The van der Waals surface area contributed by atoms with E-state index in [0.717, 1.165) is 0 Å². The maximum absolute atomic E-state index is 9.67. The van der Waals surface area contributed by atoms with Crippen molar-refractivity contribution in [1.29, 1.82) is 0 Å². The molecule has 0 radical (unpaired) electrons. The molecule has 0 spiro atoms. The second-order valence-electron chi connectivity index (χ2n) is 3.63. The van der Waals surface area contributed by atoms with Gasteiger partial charge in [-0.3, -0.25) is 0 Å². The highest BCUT2D eigenvalue weighted by molar-refractivity contribution is 4.89. The van der Waals surface area contributed by atoms with Gasteiger partial charge in [0.2, 0.25) is 0 Å². The lowest BCUT2D eigenvalue weighted by Crippen LogP contribution is -2.60. The van der Waals surface area contributed by atoms with Crippen molar-refractivity contribution in [1.82, 2.24) is 0 Å². The van der Waals surface area contributed by atoms with Crippen LogP contribution in [-0.4, -0.2) is 71.1 Å². The summed E-state index contributed by atoms with van der Waals surface area (Å²) in [5, 5.41) is 37.3. The molecule has 0 aliphatic carbocycles. The molecule has 6 atom stereocenters. The zero-order valence-electron chi connectivity index (χ0n) is 9.18. The van der Waals surface area contributed by atoms with Gasteiger partial charge in [0.1, 0.15) is 24.4 Å². The summed E-state index contributed by atoms with van der Waals surface area (Å²) in [6.45, 7) is 1.15. The van der Waals surface area contributed by atoms with Crippen LogP contribution in [0, 0.1) is 0 Å². The van der Waals surface area contributed by atoms with E-state index in [1.165, 1.54) is 7.11 Å². The number of ether oxygens (including phenoxy) is 3. The molecule has 0 aromatic heterocycles. The Labute approximate surface area is 93.2 Å². The zero-order chi connectivity index (χ0) is 12.3. The Morgan fingerprint density at radius 2 is 1.88 bits per heavy atom. The highest BCUT2D eigenvalue weighted by Crippen LogP contribution is 2.23. The van der Waals surface area contributed by atoms with Gasteiger partial charge in [0.05, 0.1) is 6.61 Å². The average molecular weight is 238 g/mol. The van der Waals surface area contributed by atoms with Gasteiger partial charge in [-0.15, -0.1) is 0 Å². The normalized spacial score (nSPS) is 42.0. The molecule has 0 bridgehead atoms. The monoisotopic (exact) mass is 238 g/mol. The fourth-order valence-electron chi connectivity index (χ4n) is 1.51. The first kappa shape index (κ1) is 13.8. The quantitative estimate of drug-likeness (QED) is 0.411. The molecule has 0 amide bonds. The lowest BCUT2D eigenvalue weighted by atomic mass is 9.99. The molecule has 0 aromatic rings. The maximum atomic E-state index is 9.67. The molecule has 96 valence electrons. The highest BCUT2D eigenvalue weighted by atomic mass is 16.7. The molecule has 1 fully saturated rings. The van der Waals surface area contributed by atoms with E-state index in [2.05, 4.69) is 0 Å². The molecule has 16 heavy (non-hydrogen) atoms. The first-order valence-corrected chi connectivity index (χ1v) is 5.00. The number of rotatable bonds is 4. The molecule has 0 saturated carbocycles. The molecule has 1 aliphatic heterocycles. The average Bonchev–Trinajstić information content (AvgIpc) is 2.29. The van der Waals surface area contributed by atoms with Crippen LogP contribution in [0.2, 0.25) is 0 Å². The number of hydrogen-bond acceptors (Lipinski definition) is 7. The Morgan fingerprint density at radius 3 is 2.38 bits per heavy atom. The minimum atomic E-state index is -1.54. The van der Waals surface area contributed by atoms with E-state index in [4.69, 9.17) is 19.3 Å². The summed E-state index contributed by atoms with van der Waals surface area (Å²) in [6, 6.07) is 0. The van der Waals surface area contributed by atoms with Crippen LogP contribution < -0.4 is 0 Å². The Hall–Kier alpha value is -0.280. The third kappa shape index (κ3) is 2.89. The summed E-state index contributed by atoms with van der Waals surface area (Å²) in [4.78, 5) is 0. The van der Waals surface area contributed by atoms with E-state index in [-0.39, 0.29) is 0 Å². The second-order valence-corrected chi connectivity index (χ2v) is 3.63. The van der Waals surface area contributed by atoms with Crippen molar-refractivity contribution in [3.05, 3.63) is 0 Å². The Balaban J connectivity index is 2.69. The SMILES string of the molecule is CO[C@@H](C)O[C@H]1C(O)C(O)[C@@H](O)O[C@@H]1CO. The zero-order valence-corrected chi connectivity index (χ0v) is 9.18. The van der Waals surface area contributed by atoms with Crippen molar-refractivity contribution in [2.75, 3.05) is 13.7 Å². The summed E-state index contributed by atoms with van der Waals surface area (Å²) < 4.78 is 15.0. The molecule has 0 aromatic carbocycles. The van der Waals surface area contributed by atoms with Crippen molar-refractivity contribution in [3.63, 3.8) is 0 Å². The van der Waals surface area contributed by atoms with Gasteiger partial charge in [-0.2, -0.15) is 0 Å². The van der Waals surface area contributed by atoms with E-state index < -0.39 is 43.6 Å². The fraction of sp³-hybridized carbons (Fsp3) is 1.00. The summed E-state index contributed by atoms with van der Waals surface area (Å²) in [6.07, 6.45) is -6.86. The Morgan fingerprint density at radius 1 is 1.25 bits per heavy atom. The van der Waals surface area contributed by atoms with E-state index in [9.17, 15) is 15.3 Å². The molecule has 1 aliphatic rings. The highest BCUT2D eigenvalue weighted by Gasteiger charge is 2.44. The van der Waals surface area contributed by atoms with Crippen LogP contribution in [0.3, 0.4) is 0 Å². The van der Waals surface area contributed by atoms with E-state index in [1.807, 2.05) is 0 Å². The van der Waals surface area contributed by atoms with Crippen LogP contribution in [0.15, 0.2) is 0 Å². The lowest BCUT2D eigenvalue weighted by Gasteiger charge is -2.40. The number of aliphatic hydroxyl groups excluding tert-OH is 4. The first-order chi connectivity index (χ1) is 7.51. The van der Waals surface area contributed by atoms with Crippen molar-refractivity contribution >= 4 is 0 Å². The fourth-order valence-corrected chi connectivity index (χ4v) is 1.51. The van der Waals surface area contributed by atoms with Gasteiger partial charge in [-0.1, -0.05) is 0 Å². The van der Waals surface area contributed by atoms with Crippen LogP contribution in [0.5, 0.6) is 0 Å². The predicted octanol–water partition coefficient (Wildman–Crippen LogP) is -2.20. The third-order valence-electron chi connectivity index (χ3n) is 2.52. The predicted molar refractivity (Wildman–Crippen MR) is 51.3 cm³/mol. The standard InChI is InChI=1S/C9H18O7/c1-4(14-2)15-8-5(3-10)16-9(13)7(12)6(8)11/h4-13H,3H2,1-2H3/t4-,5-,6?,7?,8-,9+/m1/s1. The summed E-state index contributed by atoms with van der Waals surface area (Å²) >= 11 is 0. The molecule has 2 unspecified atom stereocenters. The Bertz CT molecular complexity index is 210. The number of aliphatic hydroxyl groups is 4. The van der Waals surface area contributed by atoms with Crippen LogP contribution in [0.4, 0.5) is 0 Å². The van der Waals surface area contributed by atoms with Gasteiger partial charge in [0, 0.05) is 7.11 Å². The van der Waals surface area contributed by atoms with Gasteiger partial charge >= 0.3 is 0 Å². The summed E-state index contributed by atoms with van der Waals surface area (Å²) in [7, 11) is 1.42. The van der Waals surface area contributed by atoms with Crippen molar-refractivity contribution in [2.24, 2.45) is 0 Å². The number of hydrogen-bond donors (Lipinski definition) is 4. The first-order valence-electron chi connectivity index (χ1n) is 5.00. The smallest absolute Gasteiger partial charge is 0.184 e.